The Kier molecular flexibility index (Phi) is 8.46. The molecule has 2 atom stereocenters. The van der Waals surface area contributed by atoms with Crippen molar-refractivity contribution in [1.82, 2.24) is 5.32 Å². The third-order valence-electron chi connectivity index (χ3n) is 2.26. The SMILES string of the molecule is CCCC(C)OCC(CC)NCC. The van der Waals surface area contributed by atoms with Crippen LogP contribution in [0.2, 0.25) is 0 Å². The molecule has 0 amide bonds. The largest absolute Gasteiger partial charge is 0.377 e. The number of nitrogens with one attached hydrogen (secondary N) is 1. The molecule has 0 aromatic heterocycles. The Labute approximate surface area is 83.1 Å². The lowest BCUT2D eigenvalue weighted by Gasteiger charge is -2.19. The molecule has 0 aliphatic carbocycles. The molecule has 80 valence electrons. The van der Waals surface area contributed by atoms with Crippen molar-refractivity contribution < 1.29 is 4.74 Å². The van der Waals surface area contributed by atoms with E-state index >= 15 is 0 Å². The van der Waals surface area contributed by atoms with Gasteiger partial charge in [-0.1, -0.05) is 27.2 Å². The van der Waals surface area contributed by atoms with Crippen molar-refractivity contribution in [2.45, 2.75) is 59.1 Å². The van der Waals surface area contributed by atoms with Gasteiger partial charge < -0.3 is 10.1 Å². The molecule has 13 heavy (non-hydrogen) atoms. The summed E-state index contributed by atoms with van der Waals surface area (Å²) in [5.74, 6) is 0. The molecule has 2 nitrogen and oxygen atoms in total. The van der Waals surface area contributed by atoms with Gasteiger partial charge in [-0.3, -0.25) is 0 Å². The van der Waals surface area contributed by atoms with Crippen LogP contribution in [0.1, 0.15) is 47.0 Å². The predicted octanol–water partition coefficient (Wildman–Crippen LogP) is 2.58. The first-order chi connectivity index (χ1) is 6.24. The van der Waals surface area contributed by atoms with E-state index in [0.717, 1.165) is 19.6 Å². The molecule has 2 unspecified atom stereocenters. The molecule has 2 heteroatoms. The second-order valence-electron chi connectivity index (χ2n) is 3.60. The molecule has 0 saturated heterocycles. The summed E-state index contributed by atoms with van der Waals surface area (Å²) in [7, 11) is 0. The van der Waals surface area contributed by atoms with Crippen LogP contribution in [0.15, 0.2) is 0 Å². The lowest BCUT2D eigenvalue weighted by molar-refractivity contribution is 0.0438. The van der Waals surface area contributed by atoms with E-state index in [0.29, 0.717) is 12.1 Å². The normalized spacial score (nSPS) is 15.7. The van der Waals surface area contributed by atoms with Crippen LogP contribution >= 0.6 is 0 Å². The maximum atomic E-state index is 5.73. The molecule has 0 aliphatic rings. The topological polar surface area (TPSA) is 21.3 Å². The second kappa shape index (κ2) is 8.52. The minimum absolute atomic E-state index is 0.415. The van der Waals surface area contributed by atoms with Crippen LogP contribution in [-0.2, 0) is 4.74 Å². The van der Waals surface area contributed by atoms with E-state index in [4.69, 9.17) is 4.74 Å². The van der Waals surface area contributed by atoms with Crippen molar-refractivity contribution >= 4 is 0 Å². The fourth-order valence-electron chi connectivity index (χ4n) is 1.38. The summed E-state index contributed by atoms with van der Waals surface area (Å²) >= 11 is 0. The van der Waals surface area contributed by atoms with Gasteiger partial charge in [-0.25, -0.2) is 0 Å². The fraction of sp³-hybridized carbons (Fsp3) is 1.00. The average Bonchev–Trinajstić information content (AvgIpc) is 2.12. The quantitative estimate of drug-likeness (QED) is 0.630. The molecule has 0 rings (SSSR count). The molecule has 0 aliphatic heterocycles. The van der Waals surface area contributed by atoms with Gasteiger partial charge in [0.1, 0.15) is 0 Å². The Hall–Kier alpha value is -0.0800. The zero-order chi connectivity index (χ0) is 10.1. The van der Waals surface area contributed by atoms with Gasteiger partial charge in [0.15, 0.2) is 0 Å². The minimum Gasteiger partial charge on any atom is -0.377 e. The fourth-order valence-corrected chi connectivity index (χ4v) is 1.38. The molecule has 1 N–H and O–H groups in total. The Bertz CT molecular complexity index is 106. The lowest BCUT2D eigenvalue weighted by atomic mass is 10.2. The van der Waals surface area contributed by atoms with E-state index in [1.165, 1.54) is 12.8 Å². The van der Waals surface area contributed by atoms with Crippen LogP contribution in [0.5, 0.6) is 0 Å². The Morgan fingerprint density at radius 1 is 1.23 bits per heavy atom. The third kappa shape index (κ3) is 7.03. The maximum absolute atomic E-state index is 5.73. The number of hydrogen-bond donors (Lipinski definition) is 1. The second-order valence-corrected chi connectivity index (χ2v) is 3.60. The molecule has 0 aromatic carbocycles. The third-order valence-corrected chi connectivity index (χ3v) is 2.26. The van der Waals surface area contributed by atoms with E-state index in [-0.39, 0.29) is 0 Å². The van der Waals surface area contributed by atoms with Crippen molar-refractivity contribution in [3.63, 3.8) is 0 Å². The first kappa shape index (κ1) is 12.9. The molecule has 0 spiro atoms. The zero-order valence-electron chi connectivity index (χ0n) is 9.60. The van der Waals surface area contributed by atoms with E-state index in [2.05, 4.69) is 33.0 Å². The average molecular weight is 187 g/mol. The number of hydrogen-bond acceptors (Lipinski definition) is 2. The minimum atomic E-state index is 0.415. The molecule has 0 bridgehead atoms. The van der Waals surface area contributed by atoms with Gasteiger partial charge in [-0.2, -0.15) is 0 Å². The highest BCUT2D eigenvalue weighted by molar-refractivity contribution is 4.63. The van der Waals surface area contributed by atoms with Gasteiger partial charge in [0.2, 0.25) is 0 Å². The van der Waals surface area contributed by atoms with Gasteiger partial charge >= 0.3 is 0 Å². The summed E-state index contributed by atoms with van der Waals surface area (Å²) in [6, 6.07) is 0.532. The molecule has 0 radical (unpaired) electrons. The van der Waals surface area contributed by atoms with Crippen molar-refractivity contribution in [3.05, 3.63) is 0 Å². The number of rotatable bonds is 8. The predicted molar refractivity (Wildman–Crippen MR) is 58.1 cm³/mol. The van der Waals surface area contributed by atoms with Crippen molar-refractivity contribution in [1.29, 1.82) is 0 Å². The summed E-state index contributed by atoms with van der Waals surface area (Å²) < 4.78 is 5.73. The van der Waals surface area contributed by atoms with E-state index in [1.807, 2.05) is 0 Å². The zero-order valence-corrected chi connectivity index (χ0v) is 9.60. The monoisotopic (exact) mass is 187 g/mol. The summed E-state index contributed by atoms with van der Waals surface area (Å²) in [5.41, 5.74) is 0. The van der Waals surface area contributed by atoms with Crippen LogP contribution in [0.25, 0.3) is 0 Å². The Morgan fingerprint density at radius 2 is 1.92 bits per heavy atom. The lowest BCUT2D eigenvalue weighted by Crippen LogP contribution is -2.33. The highest BCUT2D eigenvalue weighted by Crippen LogP contribution is 2.02. The van der Waals surface area contributed by atoms with Gasteiger partial charge in [-0.05, 0) is 26.3 Å². The highest BCUT2D eigenvalue weighted by Gasteiger charge is 2.06. The van der Waals surface area contributed by atoms with Crippen molar-refractivity contribution in [2.75, 3.05) is 13.2 Å². The van der Waals surface area contributed by atoms with Crippen molar-refractivity contribution in [3.8, 4) is 0 Å². The van der Waals surface area contributed by atoms with Crippen molar-refractivity contribution in [2.24, 2.45) is 0 Å². The van der Waals surface area contributed by atoms with Crippen LogP contribution in [-0.4, -0.2) is 25.3 Å². The summed E-state index contributed by atoms with van der Waals surface area (Å²) in [6.45, 7) is 10.6. The summed E-state index contributed by atoms with van der Waals surface area (Å²) in [6.07, 6.45) is 3.94. The van der Waals surface area contributed by atoms with Crippen LogP contribution in [0, 0.1) is 0 Å². The first-order valence-corrected chi connectivity index (χ1v) is 5.59. The molecular formula is C11H25NO. The van der Waals surface area contributed by atoms with Gasteiger partial charge in [0.25, 0.3) is 0 Å². The summed E-state index contributed by atoms with van der Waals surface area (Å²) in [5, 5.41) is 3.40. The van der Waals surface area contributed by atoms with E-state index in [1.54, 1.807) is 0 Å². The van der Waals surface area contributed by atoms with Gasteiger partial charge in [-0.15, -0.1) is 0 Å². The molecular weight excluding hydrogens is 162 g/mol. The van der Waals surface area contributed by atoms with Crippen LogP contribution in [0.4, 0.5) is 0 Å². The molecule has 0 aromatic rings. The Morgan fingerprint density at radius 3 is 2.38 bits per heavy atom. The van der Waals surface area contributed by atoms with E-state index in [9.17, 15) is 0 Å². The molecule has 0 heterocycles. The number of ether oxygens (including phenoxy) is 1. The van der Waals surface area contributed by atoms with Gasteiger partial charge in [0.05, 0.1) is 12.7 Å². The van der Waals surface area contributed by atoms with Gasteiger partial charge in [0, 0.05) is 6.04 Å². The Balaban J connectivity index is 3.46. The maximum Gasteiger partial charge on any atom is 0.0623 e. The standard InChI is InChI=1S/C11H25NO/c1-5-8-10(4)13-9-11(6-2)12-7-3/h10-12H,5-9H2,1-4H3. The molecule has 0 saturated carbocycles. The van der Waals surface area contributed by atoms with Crippen LogP contribution < -0.4 is 5.32 Å². The van der Waals surface area contributed by atoms with E-state index < -0.39 is 0 Å². The first-order valence-electron chi connectivity index (χ1n) is 5.59. The highest BCUT2D eigenvalue weighted by atomic mass is 16.5. The van der Waals surface area contributed by atoms with Crippen LogP contribution in [0.3, 0.4) is 0 Å². The molecule has 0 fully saturated rings. The smallest absolute Gasteiger partial charge is 0.0623 e. The summed E-state index contributed by atoms with van der Waals surface area (Å²) in [4.78, 5) is 0. The number of likely N-dealkylation sites (N-methyl/N-ethyl adjacent to an activating group) is 1.